The van der Waals surface area contributed by atoms with Gasteiger partial charge >= 0.3 is 0 Å². The average Bonchev–Trinajstić information content (AvgIpc) is 2.53. The first-order valence-electron chi connectivity index (χ1n) is 6.87. The molecule has 21 heavy (non-hydrogen) atoms. The minimum absolute atomic E-state index is 0.108. The lowest BCUT2D eigenvalue weighted by atomic mass is 10.1. The lowest BCUT2D eigenvalue weighted by molar-refractivity contribution is 0.0950. The summed E-state index contributed by atoms with van der Waals surface area (Å²) in [6.07, 6.45) is 0. The zero-order valence-corrected chi connectivity index (χ0v) is 12.7. The number of benzene rings is 2. The van der Waals surface area contributed by atoms with E-state index in [1.807, 2.05) is 43.3 Å². The summed E-state index contributed by atoms with van der Waals surface area (Å²) in [5.41, 5.74) is 2.56. The largest absolute Gasteiger partial charge is 0.494 e. The van der Waals surface area contributed by atoms with E-state index >= 15 is 0 Å². The fourth-order valence-electron chi connectivity index (χ4n) is 1.99. The predicted octanol–water partition coefficient (Wildman–Crippen LogP) is 3.75. The summed E-state index contributed by atoms with van der Waals surface area (Å²) in [5, 5.41) is 2.90. The molecule has 0 spiro atoms. The van der Waals surface area contributed by atoms with Crippen LogP contribution in [0.5, 0.6) is 5.75 Å². The average molecular weight is 304 g/mol. The monoisotopic (exact) mass is 303 g/mol. The van der Waals surface area contributed by atoms with Gasteiger partial charge in [-0.25, -0.2) is 0 Å². The minimum atomic E-state index is -0.108. The van der Waals surface area contributed by atoms with E-state index in [0.717, 1.165) is 16.9 Å². The first kappa shape index (κ1) is 15.4. The molecule has 0 fully saturated rings. The molecule has 2 aromatic rings. The molecule has 0 aromatic heterocycles. The molecule has 0 unspecified atom stereocenters. The Morgan fingerprint density at radius 3 is 2.67 bits per heavy atom. The van der Waals surface area contributed by atoms with E-state index in [1.54, 1.807) is 12.1 Å². The molecule has 0 aliphatic heterocycles. The Hall–Kier alpha value is -2.00. The van der Waals surface area contributed by atoms with E-state index in [9.17, 15) is 4.79 Å². The first-order valence-corrected chi connectivity index (χ1v) is 7.41. The normalized spacial score (nSPS) is 10.2. The van der Waals surface area contributed by atoms with Crippen molar-refractivity contribution in [2.24, 2.45) is 0 Å². The number of carbonyl (C=O) groups excluding carboxylic acids is 1. The van der Waals surface area contributed by atoms with Crippen molar-refractivity contribution < 1.29 is 9.53 Å². The molecule has 2 rings (SSSR count). The van der Waals surface area contributed by atoms with Crippen LogP contribution in [-0.4, -0.2) is 12.5 Å². The smallest absolute Gasteiger partial charge is 0.251 e. The molecular weight excluding hydrogens is 286 g/mol. The number of hydrogen-bond donors (Lipinski definition) is 1. The van der Waals surface area contributed by atoms with Crippen LogP contribution in [0, 0.1) is 0 Å². The van der Waals surface area contributed by atoms with Crippen molar-refractivity contribution in [1.29, 1.82) is 0 Å². The SMILES string of the molecule is CCOc1cccc(CNC(=O)c2cccc(CCl)c2)c1. The molecule has 0 saturated heterocycles. The number of nitrogens with one attached hydrogen (secondary N) is 1. The Morgan fingerprint density at radius 1 is 1.14 bits per heavy atom. The molecule has 0 saturated carbocycles. The van der Waals surface area contributed by atoms with Crippen molar-refractivity contribution in [3.8, 4) is 5.75 Å². The lowest BCUT2D eigenvalue weighted by Gasteiger charge is -2.08. The fourth-order valence-corrected chi connectivity index (χ4v) is 2.16. The first-order chi connectivity index (χ1) is 10.2. The molecule has 4 heteroatoms. The van der Waals surface area contributed by atoms with Gasteiger partial charge in [0.2, 0.25) is 0 Å². The summed E-state index contributed by atoms with van der Waals surface area (Å²) < 4.78 is 5.44. The summed E-state index contributed by atoms with van der Waals surface area (Å²) >= 11 is 5.78. The van der Waals surface area contributed by atoms with E-state index in [0.29, 0.717) is 24.6 Å². The molecule has 0 atom stereocenters. The van der Waals surface area contributed by atoms with E-state index in [4.69, 9.17) is 16.3 Å². The number of ether oxygens (including phenoxy) is 1. The van der Waals surface area contributed by atoms with Crippen molar-refractivity contribution in [2.75, 3.05) is 6.61 Å². The van der Waals surface area contributed by atoms with Crippen molar-refractivity contribution in [3.05, 3.63) is 65.2 Å². The zero-order chi connectivity index (χ0) is 15.1. The van der Waals surface area contributed by atoms with E-state index in [2.05, 4.69) is 5.32 Å². The predicted molar refractivity (Wildman–Crippen MR) is 84.8 cm³/mol. The minimum Gasteiger partial charge on any atom is -0.494 e. The fraction of sp³-hybridized carbons (Fsp3) is 0.235. The number of alkyl halides is 1. The Morgan fingerprint density at radius 2 is 1.90 bits per heavy atom. The third-order valence-corrected chi connectivity index (χ3v) is 3.31. The molecule has 1 N–H and O–H groups in total. The van der Waals surface area contributed by atoms with Gasteiger partial charge in [0, 0.05) is 18.0 Å². The van der Waals surface area contributed by atoms with Crippen LogP contribution >= 0.6 is 11.6 Å². The van der Waals surface area contributed by atoms with Gasteiger partial charge in [-0.2, -0.15) is 0 Å². The van der Waals surface area contributed by atoms with Crippen molar-refractivity contribution in [2.45, 2.75) is 19.3 Å². The standard InChI is InChI=1S/C17H18ClNO2/c1-2-21-16-8-4-6-14(10-16)12-19-17(20)15-7-3-5-13(9-15)11-18/h3-10H,2,11-12H2,1H3,(H,19,20). The molecule has 2 aromatic carbocycles. The summed E-state index contributed by atoms with van der Waals surface area (Å²) in [4.78, 5) is 12.1. The van der Waals surface area contributed by atoms with E-state index in [-0.39, 0.29) is 5.91 Å². The quantitative estimate of drug-likeness (QED) is 0.825. The molecule has 3 nitrogen and oxygen atoms in total. The maximum atomic E-state index is 12.1. The van der Waals surface area contributed by atoms with Crippen molar-refractivity contribution in [3.63, 3.8) is 0 Å². The van der Waals surface area contributed by atoms with Gasteiger partial charge < -0.3 is 10.1 Å². The number of carbonyl (C=O) groups is 1. The van der Waals surface area contributed by atoms with Gasteiger partial charge in [0.1, 0.15) is 5.75 Å². The van der Waals surface area contributed by atoms with Crippen molar-refractivity contribution >= 4 is 17.5 Å². The molecule has 1 amide bonds. The van der Waals surface area contributed by atoms with Crippen molar-refractivity contribution in [1.82, 2.24) is 5.32 Å². The molecule has 110 valence electrons. The highest BCUT2D eigenvalue weighted by Crippen LogP contribution is 2.13. The second-order valence-electron chi connectivity index (χ2n) is 4.60. The van der Waals surface area contributed by atoms with E-state index < -0.39 is 0 Å². The van der Waals surface area contributed by atoms with Crippen LogP contribution in [-0.2, 0) is 12.4 Å². The molecule has 0 aliphatic rings. The molecule has 0 bridgehead atoms. The third-order valence-electron chi connectivity index (χ3n) is 3.01. The molecular formula is C17H18ClNO2. The Labute approximate surface area is 129 Å². The van der Waals surface area contributed by atoms with Gasteiger partial charge in [0.25, 0.3) is 5.91 Å². The Balaban J connectivity index is 1.98. The Bertz CT molecular complexity index is 613. The third kappa shape index (κ3) is 4.50. The van der Waals surface area contributed by atoms with Gasteiger partial charge in [-0.3, -0.25) is 4.79 Å². The topological polar surface area (TPSA) is 38.3 Å². The van der Waals surface area contributed by atoms with Crippen LogP contribution in [0.25, 0.3) is 0 Å². The van der Waals surface area contributed by atoms with Gasteiger partial charge in [-0.1, -0.05) is 24.3 Å². The van der Waals surface area contributed by atoms with Crippen LogP contribution in [0.1, 0.15) is 28.4 Å². The second-order valence-corrected chi connectivity index (χ2v) is 4.86. The highest BCUT2D eigenvalue weighted by atomic mass is 35.5. The van der Waals surface area contributed by atoms with Gasteiger partial charge in [0.05, 0.1) is 6.61 Å². The van der Waals surface area contributed by atoms with Gasteiger partial charge in [-0.05, 0) is 42.3 Å². The second kappa shape index (κ2) is 7.70. The molecule has 0 aliphatic carbocycles. The molecule has 0 heterocycles. The maximum absolute atomic E-state index is 12.1. The number of hydrogen-bond acceptors (Lipinski definition) is 2. The number of amides is 1. The van der Waals surface area contributed by atoms with Crippen LogP contribution in [0.2, 0.25) is 0 Å². The Kier molecular flexibility index (Phi) is 5.64. The highest BCUT2D eigenvalue weighted by molar-refractivity contribution is 6.17. The van der Waals surface area contributed by atoms with Crippen LogP contribution in [0.4, 0.5) is 0 Å². The van der Waals surface area contributed by atoms with Gasteiger partial charge in [-0.15, -0.1) is 11.6 Å². The summed E-state index contributed by atoms with van der Waals surface area (Å²) in [6.45, 7) is 3.03. The van der Waals surface area contributed by atoms with Crippen LogP contribution in [0.3, 0.4) is 0 Å². The van der Waals surface area contributed by atoms with Crippen LogP contribution < -0.4 is 10.1 Å². The summed E-state index contributed by atoms with van der Waals surface area (Å²) in [5.74, 6) is 1.11. The summed E-state index contributed by atoms with van der Waals surface area (Å²) in [6, 6.07) is 15.0. The lowest BCUT2D eigenvalue weighted by Crippen LogP contribution is -2.22. The summed E-state index contributed by atoms with van der Waals surface area (Å²) in [7, 11) is 0. The number of rotatable bonds is 6. The van der Waals surface area contributed by atoms with E-state index in [1.165, 1.54) is 0 Å². The highest BCUT2D eigenvalue weighted by Gasteiger charge is 2.06. The molecule has 0 radical (unpaired) electrons. The van der Waals surface area contributed by atoms with Crippen LogP contribution in [0.15, 0.2) is 48.5 Å². The zero-order valence-electron chi connectivity index (χ0n) is 11.9. The maximum Gasteiger partial charge on any atom is 0.251 e. The number of halogens is 1. The van der Waals surface area contributed by atoms with Gasteiger partial charge in [0.15, 0.2) is 0 Å².